The lowest BCUT2D eigenvalue weighted by molar-refractivity contribution is -0.120. The second-order valence-corrected chi connectivity index (χ2v) is 9.27. The SMILES string of the molecule is CC(=O)NCCNc1cc(C2CN(CCc3ccccc3)CCN2CC(N)=O)nc(-c2ccccc2)n1. The molecule has 0 bridgehead atoms. The summed E-state index contributed by atoms with van der Waals surface area (Å²) < 4.78 is 0. The predicted octanol–water partition coefficient (Wildman–Crippen LogP) is 2.08. The highest BCUT2D eigenvalue weighted by molar-refractivity contribution is 5.76. The zero-order valence-corrected chi connectivity index (χ0v) is 21.3. The minimum Gasteiger partial charge on any atom is -0.369 e. The van der Waals surface area contributed by atoms with Gasteiger partial charge in [-0.15, -0.1) is 0 Å². The molecule has 0 saturated carbocycles. The van der Waals surface area contributed by atoms with Crippen LogP contribution < -0.4 is 16.4 Å². The molecule has 0 spiro atoms. The number of piperazine rings is 1. The quantitative estimate of drug-likeness (QED) is 0.345. The average molecular weight is 502 g/mol. The van der Waals surface area contributed by atoms with Crippen molar-refractivity contribution >= 4 is 17.6 Å². The van der Waals surface area contributed by atoms with Crippen LogP contribution >= 0.6 is 0 Å². The van der Waals surface area contributed by atoms with Crippen molar-refractivity contribution in [3.05, 3.63) is 78.0 Å². The van der Waals surface area contributed by atoms with Crippen LogP contribution in [-0.4, -0.2) is 77.4 Å². The van der Waals surface area contributed by atoms with E-state index in [0.717, 1.165) is 43.9 Å². The van der Waals surface area contributed by atoms with Gasteiger partial charge in [-0.05, 0) is 12.0 Å². The van der Waals surface area contributed by atoms with Gasteiger partial charge in [0.15, 0.2) is 5.82 Å². The predicted molar refractivity (Wildman–Crippen MR) is 145 cm³/mol. The second-order valence-electron chi connectivity index (χ2n) is 9.27. The second kappa shape index (κ2) is 12.9. The van der Waals surface area contributed by atoms with E-state index in [9.17, 15) is 9.59 Å². The molecule has 1 aliphatic rings. The van der Waals surface area contributed by atoms with Gasteiger partial charge in [0, 0.05) is 57.8 Å². The average Bonchev–Trinajstić information content (AvgIpc) is 2.91. The van der Waals surface area contributed by atoms with E-state index in [-0.39, 0.29) is 24.4 Å². The van der Waals surface area contributed by atoms with Crippen molar-refractivity contribution in [2.45, 2.75) is 19.4 Å². The highest BCUT2D eigenvalue weighted by Crippen LogP contribution is 2.28. The van der Waals surface area contributed by atoms with Crippen molar-refractivity contribution in [3.8, 4) is 11.4 Å². The highest BCUT2D eigenvalue weighted by Gasteiger charge is 2.31. The lowest BCUT2D eigenvalue weighted by atomic mass is 10.1. The van der Waals surface area contributed by atoms with Crippen molar-refractivity contribution in [2.24, 2.45) is 5.73 Å². The minimum atomic E-state index is -0.353. The van der Waals surface area contributed by atoms with Crippen LogP contribution in [-0.2, 0) is 16.0 Å². The summed E-state index contributed by atoms with van der Waals surface area (Å²) in [5.41, 5.74) is 8.66. The molecule has 0 aliphatic carbocycles. The number of amides is 2. The third-order valence-electron chi connectivity index (χ3n) is 6.42. The first-order valence-electron chi connectivity index (χ1n) is 12.7. The normalized spacial score (nSPS) is 16.3. The molecular weight excluding hydrogens is 466 g/mol. The summed E-state index contributed by atoms with van der Waals surface area (Å²) in [5.74, 6) is 0.860. The molecule has 37 heavy (non-hydrogen) atoms. The number of rotatable bonds is 11. The summed E-state index contributed by atoms with van der Waals surface area (Å²) in [6.07, 6.45) is 0.957. The summed E-state index contributed by atoms with van der Waals surface area (Å²) in [6, 6.07) is 22.1. The molecular formula is C28H35N7O2. The molecule has 4 rings (SSSR count). The molecule has 1 atom stereocenters. The summed E-state index contributed by atoms with van der Waals surface area (Å²) in [7, 11) is 0. The maximum atomic E-state index is 11.9. The monoisotopic (exact) mass is 501 g/mol. The number of aromatic nitrogens is 2. The summed E-state index contributed by atoms with van der Waals surface area (Å²) in [6.45, 7) is 5.92. The number of hydrogen-bond donors (Lipinski definition) is 3. The fourth-order valence-electron chi connectivity index (χ4n) is 4.55. The van der Waals surface area contributed by atoms with E-state index < -0.39 is 0 Å². The Morgan fingerprint density at radius 3 is 2.43 bits per heavy atom. The van der Waals surface area contributed by atoms with E-state index in [1.54, 1.807) is 0 Å². The molecule has 1 unspecified atom stereocenters. The van der Waals surface area contributed by atoms with Crippen LogP contribution in [0.4, 0.5) is 5.82 Å². The molecule has 1 saturated heterocycles. The zero-order valence-electron chi connectivity index (χ0n) is 21.3. The first-order valence-corrected chi connectivity index (χ1v) is 12.7. The highest BCUT2D eigenvalue weighted by atomic mass is 16.1. The van der Waals surface area contributed by atoms with E-state index >= 15 is 0 Å². The Balaban J connectivity index is 1.59. The molecule has 9 heteroatoms. The number of primary amides is 1. The first-order chi connectivity index (χ1) is 18.0. The van der Waals surface area contributed by atoms with Gasteiger partial charge in [-0.1, -0.05) is 60.7 Å². The van der Waals surface area contributed by atoms with Crippen molar-refractivity contribution < 1.29 is 9.59 Å². The van der Waals surface area contributed by atoms with Crippen LogP contribution in [0.15, 0.2) is 66.7 Å². The zero-order chi connectivity index (χ0) is 26.0. The number of benzene rings is 2. The van der Waals surface area contributed by atoms with E-state index in [0.29, 0.717) is 24.7 Å². The number of anilines is 1. The summed E-state index contributed by atoms with van der Waals surface area (Å²) >= 11 is 0. The number of carbonyl (C=O) groups excluding carboxylic acids is 2. The number of nitrogens with zero attached hydrogens (tertiary/aromatic N) is 4. The van der Waals surface area contributed by atoms with Gasteiger partial charge < -0.3 is 16.4 Å². The van der Waals surface area contributed by atoms with Gasteiger partial charge in [-0.3, -0.25) is 19.4 Å². The van der Waals surface area contributed by atoms with Gasteiger partial charge in [0.2, 0.25) is 11.8 Å². The molecule has 2 heterocycles. The number of nitrogens with one attached hydrogen (secondary N) is 2. The van der Waals surface area contributed by atoms with Crippen molar-refractivity contribution in [3.63, 3.8) is 0 Å². The fourth-order valence-corrected chi connectivity index (χ4v) is 4.55. The van der Waals surface area contributed by atoms with E-state index in [1.807, 2.05) is 42.5 Å². The molecule has 1 fully saturated rings. The van der Waals surface area contributed by atoms with Gasteiger partial charge in [-0.25, -0.2) is 9.97 Å². The third-order valence-corrected chi connectivity index (χ3v) is 6.42. The number of hydrogen-bond acceptors (Lipinski definition) is 7. The fraction of sp³-hybridized carbons (Fsp3) is 0.357. The lowest BCUT2D eigenvalue weighted by Gasteiger charge is -2.40. The third kappa shape index (κ3) is 7.83. The topological polar surface area (TPSA) is 116 Å². The van der Waals surface area contributed by atoms with Crippen LogP contribution in [0, 0.1) is 0 Å². The van der Waals surface area contributed by atoms with Crippen molar-refractivity contribution in [2.75, 3.05) is 51.1 Å². The van der Waals surface area contributed by atoms with Gasteiger partial charge >= 0.3 is 0 Å². The Kier molecular flexibility index (Phi) is 9.18. The molecule has 2 amide bonds. The number of nitrogens with two attached hydrogens (primary N) is 1. The molecule has 0 radical (unpaired) electrons. The standard InChI is InChI=1S/C28H35N7O2/c1-21(36)30-13-14-31-27-18-24(32-28(33-27)23-10-6-3-7-11-23)25-19-34(16-17-35(25)20-26(29)37)15-12-22-8-4-2-5-9-22/h2-11,18,25H,12-17,19-20H2,1H3,(H2,29,37)(H,30,36)(H,31,32,33). The Hall–Kier alpha value is -3.82. The summed E-state index contributed by atoms with van der Waals surface area (Å²) in [4.78, 5) is 37.4. The largest absolute Gasteiger partial charge is 0.369 e. The maximum Gasteiger partial charge on any atom is 0.231 e. The van der Waals surface area contributed by atoms with Crippen LogP contribution in [0.2, 0.25) is 0 Å². The van der Waals surface area contributed by atoms with E-state index in [2.05, 4.69) is 44.7 Å². The lowest BCUT2D eigenvalue weighted by Crippen LogP contribution is -2.51. The van der Waals surface area contributed by atoms with Crippen LogP contribution in [0.3, 0.4) is 0 Å². The number of carbonyl (C=O) groups is 2. The van der Waals surface area contributed by atoms with Gasteiger partial charge in [-0.2, -0.15) is 0 Å². The Labute approximate surface area is 218 Å². The first kappa shape index (κ1) is 26.2. The van der Waals surface area contributed by atoms with Crippen molar-refractivity contribution in [1.29, 1.82) is 0 Å². The Bertz CT molecular complexity index is 1170. The Morgan fingerprint density at radius 1 is 1.00 bits per heavy atom. The van der Waals surface area contributed by atoms with Crippen molar-refractivity contribution in [1.82, 2.24) is 25.1 Å². The van der Waals surface area contributed by atoms with E-state index in [4.69, 9.17) is 15.7 Å². The van der Waals surface area contributed by atoms with Gasteiger partial charge in [0.25, 0.3) is 0 Å². The van der Waals surface area contributed by atoms with Gasteiger partial charge in [0.05, 0.1) is 18.3 Å². The molecule has 194 valence electrons. The smallest absolute Gasteiger partial charge is 0.231 e. The molecule has 1 aliphatic heterocycles. The molecule has 4 N–H and O–H groups in total. The Morgan fingerprint density at radius 2 is 1.73 bits per heavy atom. The molecule has 9 nitrogen and oxygen atoms in total. The van der Waals surface area contributed by atoms with Crippen LogP contribution in [0.25, 0.3) is 11.4 Å². The summed E-state index contributed by atoms with van der Waals surface area (Å²) in [5, 5.41) is 6.10. The van der Waals surface area contributed by atoms with Gasteiger partial charge in [0.1, 0.15) is 5.82 Å². The van der Waals surface area contributed by atoms with Crippen LogP contribution in [0.1, 0.15) is 24.2 Å². The molecule has 3 aromatic rings. The molecule has 2 aromatic carbocycles. The molecule has 1 aromatic heterocycles. The maximum absolute atomic E-state index is 11.9. The van der Waals surface area contributed by atoms with Crippen LogP contribution in [0.5, 0.6) is 0 Å². The van der Waals surface area contributed by atoms with E-state index in [1.165, 1.54) is 12.5 Å². The minimum absolute atomic E-state index is 0.0740.